The van der Waals surface area contributed by atoms with E-state index in [1.807, 2.05) is 36.4 Å². The summed E-state index contributed by atoms with van der Waals surface area (Å²) < 4.78 is 0.910. The van der Waals surface area contributed by atoms with E-state index in [0.717, 1.165) is 35.1 Å². The van der Waals surface area contributed by atoms with Gasteiger partial charge in [-0.05, 0) is 11.1 Å². The van der Waals surface area contributed by atoms with Crippen molar-refractivity contribution in [1.29, 1.82) is 0 Å². The van der Waals surface area contributed by atoms with Gasteiger partial charge >= 0.3 is 0 Å². The quantitative estimate of drug-likeness (QED) is 0.508. The highest BCUT2D eigenvalue weighted by atomic mass is 127. The number of quaternary nitrogens is 1. The lowest BCUT2D eigenvalue weighted by Crippen LogP contribution is -3.00. The van der Waals surface area contributed by atoms with Crippen LogP contribution in [0.2, 0.25) is 0 Å². The molecule has 0 atom stereocenters. The first-order valence-electron chi connectivity index (χ1n) is 8.01. The van der Waals surface area contributed by atoms with Crippen molar-refractivity contribution in [3.63, 3.8) is 0 Å². The molecule has 3 heteroatoms. The van der Waals surface area contributed by atoms with Crippen molar-refractivity contribution in [1.82, 2.24) is 0 Å². The number of carbonyl (C=O) groups excluding carboxylic acids is 1. The molecule has 1 heterocycles. The number of hydrogen-bond donors (Lipinski definition) is 0. The molecule has 1 aliphatic heterocycles. The fraction of sp³-hybridized carbons (Fsp3) is 0.350. The van der Waals surface area contributed by atoms with Gasteiger partial charge in [0.2, 0.25) is 0 Å². The van der Waals surface area contributed by atoms with Gasteiger partial charge in [0, 0.05) is 6.42 Å². The third-order valence-corrected chi connectivity index (χ3v) is 5.05. The average molecular weight is 421 g/mol. The summed E-state index contributed by atoms with van der Waals surface area (Å²) in [5, 5.41) is 0. The van der Waals surface area contributed by atoms with E-state index in [-0.39, 0.29) is 24.0 Å². The van der Waals surface area contributed by atoms with Crippen LogP contribution in [0.4, 0.5) is 0 Å². The maximum absolute atomic E-state index is 13.2. The van der Waals surface area contributed by atoms with Crippen molar-refractivity contribution in [3.05, 3.63) is 71.8 Å². The Morgan fingerprint density at radius 1 is 0.826 bits per heavy atom. The molecule has 23 heavy (non-hydrogen) atoms. The molecule has 0 aromatic heterocycles. The molecule has 1 fully saturated rings. The fourth-order valence-corrected chi connectivity index (χ4v) is 3.56. The number of nitrogens with zero attached hydrogens (tertiary/aromatic N) is 1. The Morgan fingerprint density at radius 3 is 1.78 bits per heavy atom. The van der Waals surface area contributed by atoms with Crippen molar-refractivity contribution >= 4 is 5.78 Å². The summed E-state index contributed by atoms with van der Waals surface area (Å²) in [6, 6.07) is 20.6. The summed E-state index contributed by atoms with van der Waals surface area (Å²) in [4.78, 5) is 13.2. The van der Waals surface area contributed by atoms with Crippen LogP contribution in [0.5, 0.6) is 0 Å². The molecule has 2 aromatic rings. The van der Waals surface area contributed by atoms with E-state index in [4.69, 9.17) is 0 Å². The Morgan fingerprint density at radius 2 is 1.30 bits per heavy atom. The summed E-state index contributed by atoms with van der Waals surface area (Å²) in [6.45, 7) is 1.93. The van der Waals surface area contributed by atoms with Crippen LogP contribution in [0.25, 0.3) is 0 Å². The van der Waals surface area contributed by atoms with E-state index >= 15 is 0 Å². The molecule has 0 amide bonds. The molecule has 3 rings (SSSR count). The predicted molar refractivity (Wildman–Crippen MR) is 89.7 cm³/mol. The third-order valence-electron chi connectivity index (χ3n) is 5.05. The second-order valence-electron chi connectivity index (χ2n) is 6.94. The number of rotatable bonds is 2. The van der Waals surface area contributed by atoms with Gasteiger partial charge in [-0.15, -0.1) is 0 Å². The summed E-state index contributed by atoms with van der Waals surface area (Å²) in [7, 11) is 4.44. The molecule has 1 saturated heterocycles. The van der Waals surface area contributed by atoms with Crippen molar-refractivity contribution in [2.75, 3.05) is 27.2 Å². The van der Waals surface area contributed by atoms with Gasteiger partial charge in [0.15, 0.2) is 5.78 Å². The molecule has 0 saturated carbocycles. The maximum Gasteiger partial charge on any atom is 0.153 e. The number of halogens is 1. The minimum atomic E-state index is -0.492. The van der Waals surface area contributed by atoms with Crippen LogP contribution < -0.4 is 24.0 Å². The van der Waals surface area contributed by atoms with Crippen molar-refractivity contribution < 1.29 is 33.3 Å². The number of Topliss-reactive ketones (excluding diaryl/α,β-unsaturated/α-hetero) is 1. The molecule has 0 radical (unpaired) electrons. The van der Waals surface area contributed by atoms with Crippen molar-refractivity contribution in [2.24, 2.45) is 0 Å². The van der Waals surface area contributed by atoms with Gasteiger partial charge < -0.3 is 28.5 Å². The largest absolute Gasteiger partial charge is 1.00 e. The molecule has 0 bridgehead atoms. The number of carbonyl (C=O) groups is 1. The van der Waals surface area contributed by atoms with E-state index in [2.05, 4.69) is 38.4 Å². The molecule has 2 aromatic carbocycles. The average Bonchev–Trinajstić information content (AvgIpc) is 2.67. The smallest absolute Gasteiger partial charge is 0.153 e. The van der Waals surface area contributed by atoms with E-state index < -0.39 is 5.41 Å². The Bertz CT molecular complexity index is 612. The van der Waals surface area contributed by atoms with Gasteiger partial charge in [-0.1, -0.05) is 60.7 Å². The van der Waals surface area contributed by atoms with E-state index in [9.17, 15) is 4.79 Å². The van der Waals surface area contributed by atoms with Crippen LogP contribution in [-0.4, -0.2) is 37.5 Å². The standard InChI is InChI=1S/C20H24NO.HI/c1-21(2)15-13-19(22)20(14-16-21,17-9-5-3-6-10-17)18-11-7-4-8-12-18;/h3-12H,13-16H2,1-2H3;1H/q+1;/p-1. The zero-order valence-electron chi connectivity index (χ0n) is 13.8. The van der Waals surface area contributed by atoms with Gasteiger partial charge in [-0.2, -0.15) is 0 Å². The Hall–Kier alpha value is -1.20. The molecule has 122 valence electrons. The third kappa shape index (κ3) is 3.50. The number of ketones is 1. The van der Waals surface area contributed by atoms with E-state index in [1.165, 1.54) is 0 Å². The van der Waals surface area contributed by atoms with Gasteiger partial charge in [-0.25, -0.2) is 0 Å². The Balaban J connectivity index is 0.00000192. The van der Waals surface area contributed by atoms with Crippen molar-refractivity contribution in [2.45, 2.75) is 18.3 Å². The van der Waals surface area contributed by atoms with Crippen LogP contribution in [-0.2, 0) is 10.2 Å². The minimum absolute atomic E-state index is 0. The van der Waals surface area contributed by atoms with Crippen molar-refractivity contribution in [3.8, 4) is 0 Å². The first-order valence-corrected chi connectivity index (χ1v) is 8.01. The van der Waals surface area contributed by atoms with Crippen LogP contribution >= 0.6 is 0 Å². The van der Waals surface area contributed by atoms with E-state index in [1.54, 1.807) is 0 Å². The SMILES string of the molecule is C[N+]1(C)CCC(=O)C(c2ccccc2)(c2ccccc2)CC1.[I-]. The number of hydrogen-bond acceptors (Lipinski definition) is 1. The number of benzene rings is 2. The van der Waals surface area contributed by atoms with Gasteiger partial charge in [0.05, 0.1) is 39.0 Å². The summed E-state index contributed by atoms with van der Waals surface area (Å²) >= 11 is 0. The lowest BCUT2D eigenvalue weighted by Gasteiger charge is -2.33. The fourth-order valence-electron chi connectivity index (χ4n) is 3.56. The lowest BCUT2D eigenvalue weighted by atomic mass is 9.68. The Labute approximate surface area is 156 Å². The second kappa shape index (κ2) is 7.14. The van der Waals surface area contributed by atoms with Crippen LogP contribution in [0.15, 0.2) is 60.7 Å². The molecule has 0 aliphatic carbocycles. The topological polar surface area (TPSA) is 17.1 Å². The molecular formula is C20H24INO. The van der Waals surface area contributed by atoms with Gasteiger partial charge in [-0.3, -0.25) is 4.79 Å². The molecule has 0 spiro atoms. The van der Waals surface area contributed by atoms with Gasteiger partial charge in [0.25, 0.3) is 0 Å². The first kappa shape index (κ1) is 18.1. The monoisotopic (exact) mass is 421 g/mol. The first-order chi connectivity index (χ1) is 10.5. The second-order valence-corrected chi connectivity index (χ2v) is 6.94. The highest BCUT2D eigenvalue weighted by Crippen LogP contribution is 2.40. The summed E-state index contributed by atoms with van der Waals surface area (Å²) in [5.74, 6) is 0.355. The highest BCUT2D eigenvalue weighted by molar-refractivity contribution is 5.94. The lowest BCUT2D eigenvalue weighted by molar-refractivity contribution is -0.889. The van der Waals surface area contributed by atoms with Crippen LogP contribution in [0, 0.1) is 0 Å². The summed E-state index contributed by atoms with van der Waals surface area (Å²) in [5.41, 5.74) is 1.77. The predicted octanol–water partition coefficient (Wildman–Crippen LogP) is 0.416. The van der Waals surface area contributed by atoms with Crippen LogP contribution in [0.1, 0.15) is 24.0 Å². The summed E-state index contributed by atoms with van der Waals surface area (Å²) in [6.07, 6.45) is 1.50. The van der Waals surface area contributed by atoms with Gasteiger partial charge in [0.1, 0.15) is 0 Å². The molecule has 1 aliphatic rings. The molecule has 0 N–H and O–H groups in total. The minimum Gasteiger partial charge on any atom is -1.00 e. The Kier molecular flexibility index (Phi) is 5.63. The zero-order chi connectivity index (χ0) is 15.6. The molecular weight excluding hydrogens is 397 g/mol. The van der Waals surface area contributed by atoms with Crippen LogP contribution in [0.3, 0.4) is 0 Å². The van der Waals surface area contributed by atoms with E-state index in [0.29, 0.717) is 12.2 Å². The zero-order valence-corrected chi connectivity index (χ0v) is 16.0. The highest BCUT2D eigenvalue weighted by Gasteiger charge is 2.45. The molecule has 2 nitrogen and oxygen atoms in total. The number of likely N-dealkylation sites (tertiary alicyclic amines) is 1. The normalized spacial score (nSPS) is 19.5. The molecule has 0 unspecified atom stereocenters. The maximum atomic E-state index is 13.2.